The summed E-state index contributed by atoms with van der Waals surface area (Å²) < 4.78 is 0. The highest BCUT2D eigenvalue weighted by molar-refractivity contribution is 8.03. The first kappa shape index (κ1) is 41.5. The Morgan fingerprint density at radius 2 is 1.25 bits per heavy atom. The first-order chi connectivity index (χ1) is 25.4. The van der Waals surface area contributed by atoms with Crippen molar-refractivity contribution in [1.29, 1.82) is 5.26 Å². The van der Waals surface area contributed by atoms with Crippen LogP contribution >= 0.6 is 11.8 Å². The molecule has 16 heteroatoms. The fourth-order valence-electron chi connectivity index (χ4n) is 5.12. The third-order valence-electron chi connectivity index (χ3n) is 7.38. The summed E-state index contributed by atoms with van der Waals surface area (Å²) in [4.78, 5) is 71.9. The highest BCUT2D eigenvalue weighted by Crippen LogP contribution is 2.22. The number of nitriles is 1. The van der Waals surface area contributed by atoms with Gasteiger partial charge in [-0.15, -0.1) is 0 Å². The minimum absolute atomic E-state index is 0.0435. The molecular weight excluding hydrogens is 703 g/mol. The smallest absolute Gasteiger partial charge is 0.317 e. The van der Waals surface area contributed by atoms with E-state index < -0.39 is 43.4 Å². The van der Waals surface area contributed by atoms with Gasteiger partial charge in [-0.3, -0.25) is 43.7 Å². The summed E-state index contributed by atoms with van der Waals surface area (Å²) in [7, 11) is 0. The highest BCUT2D eigenvalue weighted by Gasteiger charge is 2.19. The number of hydrogen-bond acceptors (Lipinski definition) is 12. The maximum atomic E-state index is 12.9. The van der Waals surface area contributed by atoms with Gasteiger partial charge in [0.1, 0.15) is 16.9 Å². The van der Waals surface area contributed by atoms with Crippen LogP contribution in [-0.2, 0) is 24.0 Å². The van der Waals surface area contributed by atoms with Crippen LogP contribution in [0, 0.1) is 22.5 Å². The quantitative estimate of drug-likeness (QED) is 0.0695. The minimum atomic E-state index is -1.17. The van der Waals surface area contributed by atoms with Crippen molar-refractivity contribution in [2.45, 2.75) is 6.92 Å². The Morgan fingerprint density at radius 3 is 1.81 bits per heavy atom. The molecule has 0 saturated heterocycles. The van der Waals surface area contributed by atoms with Gasteiger partial charge in [0.25, 0.3) is 0 Å². The van der Waals surface area contributed by atoms with Crippen LogP contribution in [0.5, 0.6) is 0 Å². The molecule has 2 aromatic heterocycles. The molecule has 0 atom stereocenters. The molecule has 0 fully saturated rings. The third kappa shape index (κ3) is 15.1. The van der Waals surface area contributed by atoms with Gasteiger partial charge >= 0.3 is 17.9 Å². The molecule has 0 aliphatic carbocycles. The number of nitrogens with zero attached hydrogens (tertiary/aromatic N) is 6. The molecule has 0 bridgehead atoms. The number of aromatic nitrogens is 2. The van der Waals surface area contributed by atoms with Crippen molar-refractivity contribution in [2.75, 3.05) is 70.5 Å². The Morgan fingerprint density at radius 1 is 0.717 bits per heavy atom. The molecule has 4 aromatic rings. The third-order valence-corrected chi connectivity index (χ3v) is 7.56. The lowest BCUT2D eigenvalue weighted by Gasteiger charge is -2.27. The number of ketones is 1. The molecule has 0 radical (unpaired) electrons. The van der Waals surface area contributed by atoms with Crippen LogP contribution in [0.15, 0.2) is 66.9 Å². The predicted molar refractivity (Wildman–Crippen MR) is 200 cm³/mol. The van der Waals surface area contributed by atoms with Crippen molar-refractivity contribution in [3.8, 4) is 17.2 Å². The lowest BCUT2D eigenvalue weighted by Crippen LogP contribution is -2.45. The number of aliphatic carboxylic acids is 3. The van der Waals surface area contributed by atoms with Crippen molar-refractivity contribution in [3.05, 3.63) is 78.1 Å². The molecule has 0 spiro atoms. The lowest BCUT2D eigenvalue weighted by atomic mass is 10.1. The second-order valence-electron chi connectivity index (χ2n) is 11.7. The number of fused-ring (bicyclic) bond motifs is 3. The maximum absolute atomic E-state index is 12.9. The van der Waals surface area contributed by atoms with E-state index in [9.17, 15) is 34.2 Å². The fraction of sp³-hybridized carbons (Fsp3) is 0.297. The number of amides is 1. The van der Waals surface area contributed by atoms with Gasteiger partial charge in [0.2, 0.25) is 5.91 Å². The van der Waals surface area contributed by atoms with E-state index in [2.05, 4.69) is 22.1 Å². The van der Waals surface area contributed by atoms with Crippen LogP contribution in [0.1, 0.15) is 18.2 Å². The van der Waals surface area contributed by atoms with Gasteiger partial charge < -0.3 is 20.6 Å². The number of anilines is 1. The monoisotopic (exact) mass is 741 g/mol. The Labute approximate surface area is 310 Å². The number of carboxylic acid groups (broad SMARTS) is 3. The molecule has 276 valence electrons. The molecule has 53 heavy (non-hydrogen) atoms. The molecule has 2 heterocycles. The van der Waals surface area contributed by atoms with Gasteiger partial charge in [-0.05, 0) is 73.3 Å². The Kier molecular flexibility index (Phi) is 16.8. The number of thioether (sulfide) groups is 1. The van der Waals surface area contributed by atoms with Crippen molar-refractivity contribution >= 4 is 68.9 Å². The number of hydrogen-bond donors (Lipinski definition) is 4. The average Bonchev–Trinajstić information content (AvgIpc) is 3.11. The zero-order valence-corrected chi connectivity index (χ0v) is 30.0. The van der Waals surface area contributed by atoms with Crippen molar-refractivity contribution < 1.29 is 39.3 Å². The lowest BCUT2D eigenvalue weighted by molar-refractivity contribution is -0.140. The van der Waals surface area contributed by atoms with E-state index in [4.69, 9.17) is 15.4 Å². The number of benzene rings is 2. The van der Waals surface area contributed by atoms with Crippen LogP contribution in [0.25, 0.3) is 21.8 Å². The number of carbonyl (C=O) groups is 5. The largest absolute Gasteiger partial charge is 0.480 e. The topological polar surface area (TPSA) is 217 Å². The van der Waals surface area contributed by atoms with Crippen LogP contribution in [0.4, 0.5) is 5.69 Å². The maximum Gasteiger partial charge on any atom is 0.317 e. The van der Waals surface area contributed by atoms with Gasteiger partial charge in [-0.2, -0.15) is 5.26 Å². The second-order valence-corrected chi connectivity index (χ2v) is 12.3. The summed E-state index contributed by atoms with van der Waals surface area (Å²) in [5.74, 6) is 2.00. The van der Waals surface area contributed by atoms with Gasteiger partial charge in [-0.25, -0.2) is 4.98 Å². The summed E-state index contributed by atoms with van der Waals surface area (Å²) in [5, 5.41) is 42.0. The van der Waals surface area contributed by atoms with E-state index >= 15 is 0 Å². The molecule has 0 aliphatic heterocycles. The number of carbonyl (C=O) groups excluding carboxylic acids is 2. The minimum Gasteiger partial charge on any atom is -0.480 e. The zero-order chi connectivity index (χ0) is 38.8. The normalized spacial score (nSPS) is 10.6. The molecule has 0 saturated carbocycles. The van der Waals surface area contributed by atoms with Crippen LogP contribution in [0.3, 0.4) is 0 Å². The van der Waals surface area contributed by atoms with E-state index in [1.54, 1.807) is 36.7 Å². The van der Waals surface area contributed by atoms with E-state index in [0.717, 1.165) is 33.6 Å². The van der Waals surface area contributed by atoms with Crippen molar-refractivity contribution in [2.24, 2.45) is 0 Å². The van der Waals surface area contributed by atoms with E-state index in [1.807, 2.05) is 41.8 Å². The number of nitrogens with one attached hydrogen (secondary N) is 1. The summed E-state index contributed by atoms with van der Waals surface area (Å²) in [6, 6.07) is 18.4. The number of pyridine rings is 2. The first-order valence-electron chi connectivity index (χ1n) is 16.2. The van der Waals surface area contributed by atoms with Gasteiger partial charge in [0, 0.05) is 54.4 Å². The highest BCUT2D eigenvalue weighted by atomic mass is 32.2. The number of thiocyanates is 1. The van der Waals surface area contributed by atoms with Gasteiger partial charge in [0.05, 0.1) is 43.8 Å². The summed E-state index contributed by atoms with van der Waals surface area (Å²) in [6.07, 6.45) is 3.46. The molecule has 4 rings (SSSR count). The molecule has 0 unspecified atom stereocenters. The molecular formula is C37H39N7O8S. The Hall–Kier alpha value is -5.91. The van der Waals surface area contributed by atoms with Crippen molar-refractivity contribution in [1.82, 2.24) is 24.7 Å². The summed E-state index contributed by atoms with van der Waals surface area (Å²) in [5.41, 5.74) is 3.31. The zero-order valence-electron chi connectivity index (χ0n) is 29.2. The number of Topliss-reactive ketones (excluding diaryl/α,β-unsaturated/α-hetero) is 1. The Balaban J connectivity index is 0.00000180. The molecule has 2 aromatic carbocycles. The average molecular weight is 742 g/mol. The van der Waals surface area contributed by atoms with Gasteiger partial charge in [-0.1, -0.05) is 24.1 Å². The van der Waals surface area contributed by atoms with E-state index in [-0.39, 0.29) is 45.1 Å². The predicted octanol–water partition coefficient (Wildman–Crippen LogP) is 2.70. The van der Waals surface area contributed by atoms with Crippen LogP contribution < -0.4 is 5.32 Å². The fourth-order valence-corrected chi connectivity index (χ4v) is 5.12. The first-order valence-corrected chi connectivity index (χ1v) is 17.4. The molecule has 15 nitrogen and oxygen atoms in total. The molecule has 1 amide bonds. The molecule has 0 aliphatic rings. The summed E-state index contributed by atoms with van der Waals surface area (Å²) >= 11 is 1.16. The van der Waals surface area contributed by atoms with Gasteiger partial charge in [0.15, 0.2) is 0 Å². The van der Waals surface area contributed by atoms with Crippen LogP contribution in [-0.4, -0.2) is 135 Å². The van der Waals surface area contributed by atoms with Crippen molar-refractivity contribution in [3.63, 3.8) is 0 Å². The summed E-state index contributed by atoms with van der Waals surface area (Å²) in [6.45, 7) is 0.0306. The number of carboxylic acids is 3. The Bertz CT molecular complexity index is 2010. The van der Waals surface area contributed by atoms with Crippen LogP contribution in [0.2, 0.25) is 0 Å². The number of rotatable bonds is 17. The SMILES string of the molecule is CC(=O)CN(CCN(CCN(CC(=O)O)CC(=O)Nc1ccc(C#Cc2ccc3ccc4cccnc4c3n2)cc1)CC(=O)O)CC(=O)O.CSC#N. The van der Waals surface area contributed by atoms with E-state index in [0.29, 0.717) is 16.9 Å². The molecule has 4 N–H and O–H groups in total. The standard InChI is InChI=1S/C35H36N6O8.C2H3NS/c1-24(42)19-40(22-32(46)47)17-15-39(21-31(44)45)16-18-41(23-33(48)49)20-30(43)37-28-10-4-25(5-11-28)6-12-29-13-9-27-8-7-26-3-2-14-36-34(26)35(27)38-29;1-4-2-3/h2-5,7-11,13-14H,15-23H2,1H3,(H,37,43)(H,44,45)(H,46,47)(H,48,49);1H3. The second kappa shape index (κ2) is 21.5. The van der Waals surface area contributed by atoms with E-state index in [1.165, 1.54) is 21.6 Å².